The lowest BCUT2D eigenvalue weighted by Gasteiger charge is -2.54. The van der Waals surface area contributed by atoms with Gasteiger partial charge in [-0.3, -0.25) is 9.35 Å². The molecule has 0 saturated carbocycles. The van der Waals surface area contributed by atoms with Crippen LogP contribution in [0.15, 0.2) is 132 Å². The van der Waals surface area contributed by atoms with Crippen LogP contribution in [0.25, 0.3) is 0 Å². The Bertz CT molecular complexity index is 3450. The molecule has 0 fully saturated rings. The number of ketones is 1. The molecular weight excluding hydrogens is 1040 g/mol. The van der Waals surface area contributed by atoms with Crippen LogP contribution in [-0.2, 0) is 42.8 Å². The van der Waals surface area contributed by atoms with Crippen LogP contribution in [0.5, 0.6) is 17.2 Å². The van der Waals surface area contributed by atoms with Crippen LogP contribution in [0, 0.1) is 28.1 Å². The Morgan fingerprint density at radius 1 is 0.557 bits per heavy atom. The van der Waals surface area contributed by atoms with Gasteiger partial charge < -0.3 is 9.47 Å². The van der Waals surface area contributed by atoms with Crippen LogP contribution in [0.3, 0.4) is 0 Å². The van der Waals surface area contributed by atoms with E-state index in [1.165, 1.54) is 36.4 Å². The van der Waals surface area contributed by atoms with Gasteiger partial charge >= 0.3 is 12.4 Å². The average Bonchev–Trinajstić information content (AvgIpc) is 3.46. The normalized spacial score (nSPS) is 14.6. The van der Waals surface area contributed by atoms with Crippen molar-refractivity contribution in [2.75, 3.05) is 0 Å². The first-order valence-electron chi connectivity index (χ1n) is 25.9. The van der Waals surface area contributed by atoms with Crippen molar-refractivity contribution in [3.8, 4) is 29.4 Å². The second kappa shape index (κ2) is 21.3. The fourth-order valence-corrected chi connectivity index (χ4v) is 11.4. The number of hydrogen-bond donors (Lipinski definition) is 1. The number of benzene rings is 6. The molecule has 2 unspecified atom stereocenters. The minimum absolute atomic E-state index is 0.0114. The minimum Gasteiger partial charge on any atom is -0.481 e. The van der Waals surface area contributed by atoms with Crippen LogP contribution >= 0.6 is 0 Å². The average molecular weight is 1110 g/mol. The molecule has 1 N–H and O–H groups in total. The van der Waals surface area contributed by atoms with Crippen LogP contribution in [0.1, 0.15) is 176 Å². The lowest BCUT2D eigenvalue weighted by molar-refractivity contribution is -0.288. The summed E-state index contributed by atoms with van der Waals surface area (Å²) < 4.78 is 140. The number of nitriles is 2. The van der Waals surface area contributed by atoms with E-state index >= 15 is 26.3 Å². The first-order chi connectivity index (χ1) is 36.3. The SMILES string of the molecule is CCC(C)(Oc1cccc(C(C)(C)C)c1C#N)c1ccc(C(c2ccc(Oc3cccc(C(C)(CC)C(C)(C)C(C)(C)c4ccc(C(C)(C)C)c(C(=O)c5cccc(S(=O)(=O)O)c5)c4)c3C#N)cc2)(C(F)(F)F)C(F)(F)F)cc1. The molecule has 6 aromatic carbocycles. The molecule has 0 amide bonds. The van der Waals surface area contributed by atoms with Gasteiger partial charge in [0.05, 0.1) is 16.0 Å². The van der Waals surface area contributed by atoms with E-state index in [2.05, 4.69) is 12.1 Å². The third-order valence-corrected chi connectivity index (χ3v) is 17.7. The van der Waals surface area contributed by atoms with Gasteiger partial charge in [-0.05, 0) is 128 Å². The zero-order chi connectivity index (χ0) is 59.3. The Labute approximate surface area is 461 Å². The van der Waals surface area contributed by atoms with Crippen LogP contribution in [0.4, 0.5) is 26.3 Å². The molecule has 6 rings (SSSR count). The molecule has 0 bridgehead atoms. The van der Waals surface area contributed by atoms with Gasteiger partial charge in [-0.2, -0.15) is 45.3 Å². The number of alkyl halides is 6. The van der Waals surface area contributed by atoms with Gasteiger partial charge in [0.1, 0.15) is 35.0 Å². The summed E-state index contributed by atoms with van der Waals surface area (Å²) in [5, 5.41) is 21.0. The van der Waals surface area contributed by atoms with Gasteiger partial charge in [0.15, 0.2) is 5.78 Å². The molecule has 79 heavy (non-hydrogen) atoms. The number of rotatable bonds is 16. The zero-order valence-electron chi connectivity index (χ0n) is 47.1. The minimum atomic E-state index is -5.90. The van der Waals surface area contributed by atoms with Crippen molar-refractivity contribution in [1.82, 2.24) is 0 Å². The van der Waals surface area contributed by atoms with E-state index in [0.29, 0.717) is 28.7 Å². The largest absolute Gasteiger partial charge is 0.481 e. The molecule has 0 aromatic heterocycles. The molecule has 0 heterocycles. The molecule has 0 spiro atoms. The summed E-state index contributed by atoms with van der Waals surface area (Å²) in [6.45, 7) is 27.1. The Balaban J connectivity index is 1.38. The first-order valence-corrected chi connectivity index (χ1v) is 27.3. The maximum atomic E-state index is 15.5. The summed E-state index contributed by atoms with van der Waals surface area (Å²) in [6.07, 6.45) is -11.1. The number of ether oxygens (including phenoxy) is 2. The second-order valence-electron chi connectivity index (χ2n) is 23.7. The van der Waals surface area contributed by atoms with E-state index in [1.807, 2.05) is 95.2 Å². The first kappa shape index (κ1) is 61.3. The Morgan fingerprint density at radius 3 is 1.51 bits per heavy atom. The van der Waals surface area contributed by atoms with Crippen molar-refractivity contribution >= 4 is 15.9 Å². The second-order valence-corrected chi connectivity index (χ2v) is 25.2. The lowest BCUT2D eigenvalue weighted by atomic mass is 9.49. The molecule has 418 valence electrons. The number of hydrogen-bond acceptors (Lipinski definition) is 7. The van der Waals surface area contributed by atoms with Gasteiger partial charge in [0, 0.05) is 11.1 Å². The molecule has 15 heteroatoms. The molecule has 0 aliphatic carbocycles. The summed E-state index contributed by atoms with van der Waals surface area (Å²) in [6, 6.07) is 32.8. The quantitative estimate of drug-likeness (QED) is 0.0575. The lowest BCUT2D eigenvalue weighted by Crippen LogP contribution is -2.54. The Morgan fingerprint density at radius 2 is 1.03 bits per heavy atom. The number of nitrogens with zero attached hydrogens (tertiary/aromatic N) is 2. The Kier molecular flexibility index (Phi) is 16.5. The summed E-state index contributed by atoms with van der Waals surface area (Å²) in [4.78, 5) is 14.0. The molecule has 8 nitrogen and oxygen atoms in total. The number of carbonyl (C=O) groups is 1. The van der Waals surface area contributed by atoms with E-state index in [0.717, 1.165) is 48.0 Å². The maximum absolute atomic E-state index is 15.5. The molecule has 0 radical (unpaired) electrons. The highest BCUT2D eigenvalue weighted by Gasteiger charge is 2.72. The van der Waals surface area contributed by atoms with Gasteiger partial charge in [-0.15, -0.1) is 0 Å². The van der Waals surface area contributed by atoms with Gasteiger partial charge in [-0.25, -0.2) is 0 Å². The highest BCUT2D eigenvalue weighted by atomic mass is 32.2. The third kappa shape index (κ3) is 11.1. The highest BCUT2D eigenvalue weighted by molar-refractivity contribution is 7.85. The standard InChI is InChI=1S/C64H68F6N2O6S/c1-15-60(13,59(11,12)58(9,10)44-32-35-51(57(6,7)8)47(37-44)55(73)40-20-17-21-46(36-40)79(74,75)76)52-23-19-24-53(49(52)39-72)77-45-33-30-43(31-34-45)62(63(65,66)67,64(68,69)70)42-28-26-41(27-29-42)61(14,16-2)78-54-25-18-22-50(48(54)38-71)56(3,4)5/h17-37H,15-16H2,1-14H3,(H,74,75,76). The van der Waals surface area contributed by atoms with Crippen molar-refractivity contribution in [1.29, 1.82) is 10.5 Å². The molecule has 6 aromatic rings. The smallest absolute Gasteiger partial charge is 0.411 e. The number of carbonyl (C=O) groups excluding carboxylic acids is 1. The van der Waals surface area contributed by atoms with E-state index < -0.39 is 82.4 Å². The molecule has 2 atom stereocenters. The van der Waals surface area contributed by atoms with Gasteiger partial charge in [0.2, 0.25) is 5.41 Å². The van der Waals surface area contributed by atoms with Crippen molar-refractivity contribution in [3.05, 3.63) is 189 Å². The van der Waals surface area contributed by atoms with Crippen molar-refractivity contribution < 1.29 is 53.6 Å². The Hall–Kier alpha value is -6.94. The summed E-state index contributed by atoms with van der Waals surface area (Å²) in [5.74, 6) is -0.354. The van der Waals surface area contributed by atoms with Crippen molar-refractivity contribution in [2.45, 2.75) is 160 Å². The fourth-order valence-electron chi connectivity index (χ4n) is 10.8. The van der Waals surface area contributed by atoms with Crippen LogP contribution in [0.2, 0.25) is 0 Å². The fraction of sp³-hybridized carbons (Fsp3) is 0.391. The van der Waals surface area contributed by atoms with Crippen LogP contribution in [-0.4, -0.2) is 31.1 Å². The van der Waals surface area contributed by atoms with E-state index in [1.54, 1.807) is 50.2 Å². The monoisotopic (exact) mass is 1110 g/mol. The molecule has 0 aliphatic rings. The maximum Gasteiger partial charge on any atom is 0.411 e. The van der Waals surface area contributed by atoms with Gasteiger partial charge in [-0.1, -0.05) is 175 Å². The summed E-state index contributed by atoms with van der Waals surface area (Å²) in [5.41, 5.74) is -7.66. The number of halogens is 6. The molecule has 0 aliphatic heterocycles. The zero-order valence-corrected chi connectivity index (χ0v) is 47.9. The summed E-state index contributed by atoms with van der Waals surface area (Å²) in [7, 11) is -4.61. The van der Waals surface area contributed by atoms with E-state index in [-0.39, 0.29) is 45.9 Å². The molecular formula is C64H68F6N2O6S. The van der Waals surface area contributed by atoms with Gasteiger partial charge in [0.25, 0.3) is 10.1 Å². The molecule has 0 saturated heterocycles. The van der Waals surface area contributed by atoms with Crippen molar-refractivity contribution in [2.24, 2.45) is 5.41 Å². The predicted octanol–water partition coefficient (Wildman–Crippen LogP) is 17.1. The van der Waals surface area contributed by atoms with E-state index in [4.69, 9.17) is 9.47 Å². The highest BCUT2D eigenvalue weighted by Crippen LogP contribution is 2.59. The predicted molar refractivity (Wildman–Crippen MR) is 294 cm³/mol. The van der Waals surface area contributed by atoms with Crippen LogP contribution < -0.4 is 9.47 Å². The van der Waals surface area contributed by atoms with E-state index in [9.17, 15) is 28.3 Å². The summed E-state index contributed by atoms with van der Waals surface area (Å²) >= 11 is 0. The van der Waals surface area contributed by atoms with Crippen molar-refractivity contribution in [3.63, 3.8) is 0 Å². The topological polar surface area (TPSA) is 137 Å². The third-order valence-electron chi connectivity index (χ3n) is 16.8.